The molecule has 0 aromatic rings. The quantitative estimate of drug-likeness (QED) is 0.189. The molecule has 8 heteroatoms. The lowest BCUT2D eigenvalue weighted by atomic mass is 9.40. The van der Waals surface area contributed by atoms with Crippen LogP contribution in [0.4, 0.5) is 0 Å². The number of allylic oxidation sites excluding steroid dienone is 6. The van der Waals surface area contributed by atoms with Crippen LogP contribution in [-0.2, 0) is 19.1 Å². The molecule has 0 spiro atoms. The Morgan fingerprint density at radius 1 is 0.944 bits per heavy atom. The minimum Gasteiger partial charge on any atom is -0.511 e. The van der Waals surface area contributed by atoms with Crippen molar-refractivity contribution in [3.05, 3.63) is 59.1 Å². The molecule has 4 fully saturated rings. The van der Waals surface area contributed by atoms with Gasteiger partial charge in [-0.3, -0.25) is 9.59 Å². The summed E-state index contributed by atoms with van der Waals surface area (Å²) in [5.74, 6) is -8.64. The second-order valence-electron chi connectivity index (χ2n) is 11.3. The van der Waals surface area contributed by atoms with E-state index in [9.17, 15) is 30.0 Å². The lowest BCUT2D eigenvalue weighted by Crippen LogP contribution is -2.72. The van der Waals surface area contributed by atoms with Gasteiger partial charge in [0.2, 0.25) is 11.6 Å². The molecular weight excluding hydrogens is 464 g/mol. The maximum atomic E-state index is 14.3. The van der Waals surface area contributed by atoms with Gasteiger partial charge < -0.3 is 29.9 Å². The molecule has 3 aliphatic carbocycles. The van der Waals surface area contributed by atoms with Crippen molar-refractivity contribution in [1.29, 1.82) is 0 Å². The molecule has 2 aliphatic heterocycles. The molecular formula is C28H34O8. The smallest absolute Gasteiger partial charge is 0.210 e. The predicted octanol–water partition coefficient (Wildman–Crippen LogP) is 3.48. The highest BCUT2D eigenvalue weighted by Gasteiger charge is 2.98. The van der Waals surface area contributed by atoms with Gasteiger partial charge in [-0.1, -0.05) is 30.4 Å². The van der Waals surface area contributed by atoms with Crippen LogP contribution >= 0.6 is 0 Å². The zero-order chi connectivity index (χ0) is 26.7. The van der Waals surface area contributed by atoms with E-state index in [2.05, 4.69) is 0 Å². The molecule has 0 radical (unpaired) electrons. The van der Waals surface area contributed by atoms with Crippen LogP contribution < -0.4 is 0 Å². The van der Waals surface area contributed by atoms with Crippen molar-refractivity contribution < 1.29 is 39.5 Å². The molecule has 1 unspecified atom stereocenters. The Kier molecular flexibility index (Phi) is 4.94. The van der Waals surface area contributed by atoms with Crippen LogP contribution in [0.5, 0.6) is 0 Å². The molecule has 194 valence electrons. The lowest BCUT2D eigenvalue weighted by Gasteiger charge is -2.58. The van der Waals surface area contributed by atoms with E-state index < -0.39 is 57.0 Å². The minimum atomic E-state index is -2.24. The Morgan fingerprint density at radius 3 is 2.11 bits per heavy atom. The standard InChI is InChI=1S/C28H34O8/c1-7-9-11-13-15(29)17-19-23(3)22(32)18(16(30)14-12-10-8-2)20-24(4,21(17)31)28(34)25(19,5)35-27(23,33)26(20,6)36-28/h7-11,13,19-20,29,32-34H,12,14H2,1-6H3/b9-7+,10-8+,13-11+,17-15-/t19-,20-,23-,24-,25+,26+,27-,28?/m1/s1. The molecule has 0 aromatic heterocycles. The fourth-order valence-corrected chi connectivity index (χ4v) is 8.16. The SMILES string of the molecule is C/C=C/C=C/C(O)=C1/C(=O)[C@@]2(C)[C@H]3C(C(=O)CC/C=C/C)=C(O)[C@@]4(C)[C@@H]1[C@]1(C)O[C@@]4(O)[C@@]3(C)OC12O. The Balaban J connectivity index is 1.89. The average molecular weight is 499 g/mol. The first-order chi connectivity index (χ1) is 16.7. The van der Waals surface area contributed by atoms with Crippen molar-refractivity contribution in [3.8, 4) is 0 Å². The van der Waals surface area contributed by atoms with Crippen molar-refractivity contribution >= 4 is 11.6 Å². The van der Waals surface area contributed by atoms with E-state index >= 15 is 0 Å². The Labute approximate surface area is 210 Å². The van der Waals surface area contributed by atoms with Crippen LogP contribution in [0.15, 0.2) is 59.1 Å². The number of ketones is 2. The predicted molar refractivity (Wildman–Crippen MR) is 129 cm³/mol. The molecule has 8 nitrogen and oxygen atoms in total. The van der Waals surface area contributed by atoms with Crippen LogP contribution in [0.2, 0.25) is 0 Å². The van der Waals surface area contributed by atoms with E-state index in [0.717, 1.165) is 0 Å². The van der Waals surface area contributed by atoms with E-state index in [1.807, 2.05) is 19.1 Å². The van der Waals surface area contributed by atoms with Crippen LogP contribution in [0.3, 0.4) is 0 Å². The fourth-order valence-electron chi connectivity index (χ4n) is 8.16. The van der Waals surface area contributed by atoms with Gasteiger partial charge in [0.1, 0.15) is 22.7 Å². The van der Waals surface area contributed by atoms with Crippen LogP contribution in [0, 0.1) is 22.7 Å². The van der Waals surface area contributed by atoms with Gasteiger partial charge in [0.25, 0.3) is 0 Å². The van der Waals surface area contributed by atoms with Gasteiger partial charge in [-0.05, 0) is 54.0 Å². The summed E-state index contributed by atoms with van der Waals surface area (Å²) in [6, 6.07) is 0. The fraction of sp³-hybridized carbons (Fsp3) is 0.571. The van der Waals surface area contributed by atoms with Crippen molar-refractivity contribution in [3.63, 3.8) is 0 Å². The van der Waals surface area contributed by atoms with E-state index in [1.54, 1.807) is 25.2 Å². The van der Waals surface area contributed by atoms with Gasteiger partial charge in [-0.15, -0.1) is 0 Å². The molecule has 8 bridgehead atoms. The molecule has 4 N–H and O–H groups in total. The summed E-state index contributed by atoms with van der Waals surface area (Å²) < 4.78 is 12.5. The van der Waals surface area contributed by atoms with Crippen molar-refractivity contribution in [2.45, 2.75) is 77.2 Å². The largest absolute Gasteiger partial charge is 0.511 e. The number of rotatable bonds is 6. The zero-order valence-electron chi connectivity index (χ0n) is 21.5. The van der Waals surface area contributed by atoms with Crippen LogP contribution in [0.1, 0.15) is 54.4 Å². The monoisotopic (exact) mass is 498 g/mol. The molecule has 0 aromatic carbocycles. The zero-order valence-corrected chi connectivity index (χ0v) is 21.5. The molecule has 8 atom stereocenters. The Bertz CT molecular complexity index is 1240. The summed E-state index contributed by atoms with van der Waals surface area (Å²) in [5.41, 5.74) is -7.18. The summed E-state index contributed by atoms with van der Waals surface area (Å²) in [6.07, 6.45) is 10.5. The minimum absolute atomic E-state index is 0.0264. The van der Waals surface area contributed by atoms with Crippen LogP contribution in [-0.4, -0.2) is 54.8 Å². The van der Waals surface area contributed by atoms with E-state index in [-0.39, 0.29) is 29.1 Å². The molecule has 0 amide bonds. The first-order valence-corrected chi connectivity index (χ1v) is 12.4. The first kappa shape index (κ1) is 25.1. The normalized spacial score (nSPS) is 50.1. The number of Topliss-reactive ketones (excluding diaryl/α,β-unsaturated/α-hetero) is 2. The highest BCUT2D eigenvalue weighted by atomic mass is 16.8. The maximum absolute atomic E-state index is 14.3. The third-order valence-corrected chi connectivity index (χ3v) is 9.68. The molecule has 2 saturated carbocycles. The second kappa shape index (κ2) is 7.07. The van der Waals surface area contributed by atoms with Gasteiger partial charge in [-0.25, -0.2) is 0 Å². The maximum Gasteiger partial charge on any atom is 0.210 e. The third kappa shape index (κ3) is 2.19. The molecule has 2 heterocycles. The van der Waals surface area contributed by atoms with Gasteiger partial charge >= 0.3 is 0 Å². The summed E-state index contributed by atoms with van der Waals surface area (Å²) >= 11 is 0. The van der Waals surface area contributed by atoms with Gasteiger partial charge in [0.15, 0.2) is 11.6 Å². The van der Waals surface area contributed by atoms with Gasteiger partial charge in [-0.2, -0.15) is 0 Å². The first-order valence-electron chi connectivity index (χ1n) is 12.4. The number of aliphatic hydroxyl groups is 4. The Morgan fingerprint density at radius 2 is 1.53 bits per heavy atom. The molecule has 5 aliphatic rings. The van der Waals surface area contributed by atoms with E-state index in [1.165, 1.54) is 33.8 Å². The van der Waals surface area contributed by atoms with E-state index in [0.29, 0.717) is 6.42 Å². The van der Waals surface area contributed by atoms with E-state index in [4.69, 9.17) is 9.47 Å². The van der Waals surface area contributed by atoms with Gasteiger partial charge in [0.05, 0.1) is 10.8 Å². The summed E-state index contributed by atoms with van der Waals surface area (Å²) in [4.78, 5) is 28.0. The summed E-state index contributed by atoms with van der Waals surface area (Å²) in [7, 11) is 0. The highest BCUT2D eigenvalue weighted by molar-refractivity contribution is 6.08. The van der Waals surface area contributed by atoms with Gasteiger partial charge in [0, 0.05) is 29.4 Å². The van der Waals surface area contributed by atoms with Crippen molar-refractivity contribution in [2.24, 2.45) is 22.7 Å². The lowest BCUT2D eigenvalue weighted by molar-refractivity contribution is -0.451. The third-order valence-electron chi connectivity index (χ3n) is 9.68. The van der Waals surface area contributed by atoms with Crippen molar-refractivity contribution in [1.82, 2.24) is 0 Å². The number of hydrogen-bond acceptors (Lipinski definition) is 8. The molecule has 5 rings (SSSR count). The Hall–Kier alpha value is -2.52. The van der Waals surface area contributed by atoms with Crippen molar-refractivity contribution in [2.75, 3.05) is 0 Å². The van der Waals surface area contributed by atoms with Crippen LogP contribution in [0.25, 0.3) is 0 Å². The number of aliphatic hydroxyl groups excluding tert-OH is 2. The summed E-state index contributed by atoms with van der Waals surface area (Å²) in [6.45, 7) is 9.66. The highest BCUT2D eigenvalue weighted by Crippen LogP contribution is 2.84. The summed E-state index contributed by atoms with van der Waals surface area (Å²) in [5, 5.41) is 47.4. The molecule has 2 saturated heterocycles. The number of carbonyl (C=O) groups is 2. The number of ether oxygens (including phenoxy) is 2. The number of carbonyl (C=O) groups excluding carboxylic acids is 2. The average Bonchev–Trinajstić information content (AvgIpc) is 3.12. The molecule has 36 heavy (non-hydrogen) atoms. The second-order valence-corrected chi connectivity index (χ2v) is 11.3. The topological polar surface area (TPSA) is 134 Å². The number of hydrogen-bond donors (Lipinski definition) is 4.